The maximum atomic E-state index is 12.2. The number of aliphatic hydroxyl groups excluding tert-OH is 1. The number of fused-ring (bicyclic) bond motifs is 1. The molecule has 2 heterocycles. The molecule has 1 amide bonds. The molecule has 0 unspecified atom stereocenters. The van der Waals surface area contributed by atoms with Gasteiger partial charge in [-0.05, 0) is 48.8 Å². The zero-order chi connectivity index (χ0) is 19.0. The number of benzene rings is 1. The van der Waals surface area contributed by atoms with Gasteiger partial charge in [0.05, 0.1) is 31.1 Å². The van der Waals surface area contributed by atoms with Crippen molar-refractivity contribution in [3.05, 3.63) is 41.3 Å². The number of carbonyl (C=O) groups excluding carboxylic acids is 1. The van der Waals surface area contributed by atoms with Crippen molar-refractivity contribution >= 4 is 18.5 Å². The summed E-state index contributed by atoms with van der Waals surface area (Å²) in [5, 5.41) is 22.5. The zero-order valence-corrected chi connectivity index (χ0v) is 14.9. The number of nitrogens with one attached hydrogen (secondary N) is 1. The van der Waals surface area contributed by atoms with Crippen LogP contribution < -0.4 is 15.5 Å². The van der Waals surface area contributed by atoms with Gasteiger partial charge in [-0.2, -0.15) is 0 Å². The van der Waals surface area contributed by atoms with Gasteiger partial charge in [-0.25, -0.2) is 9.97 Å². The summed E-state index contributed by atoms with van der Waals surface area (Å²) in [6.07, 6.45) is 4.56. The minimum absolute atomic E-state index is 0.163. The van der Waals surface area contributed by atoms with Gasteiger partial charge in [0.15, 0.2) is 0 Å². The molecule has 27 heavy (non-hydrogen) atoms. The van der Waals surface area contributed by atoms with Crippen molar-refractivity contribution in [2.75, 3.05) is 0 Å². The highest BCUT2D eigenvalue weighted by molar-refractivity contribution is 6.62. The Balaban J connectivity index is 1.45. The number of hydrogen-bond donors (Lipinski definition) is 3. The molecule has 1 aromatic carbocycles. The fourth-order valence-corrected chi connectivity index (χ4v) is 3.55. The lowest BCUT2D eigenvalue weighted by molar-refractivity contribution is 0.0868. The molecule has 0 bridgehead atoms. The summed E-state index contributed by atoms with van der Waals surface area (Å²) < 4.78 is 11.0. The molecule has 2 aliphatic rings. The Labute approximate surface area is 156 Å². The van der Waals surface area contributed by atoms with Crippen molar-refractivity contribution in [2.45, 2.75) is 44.9 Å². The standard InChI is InChI=1S/C18H20BN3O5/c1-10-15(6-5-11-9-26-19(25)17(10)11)27-16-8-20-13(7-21-16)18(24)22-12-3-2-4-14(12)23/h5-8,12,14,23,25H,2-4,9H2,1H3,(H,22,24)/t12-,14-/m0/s1. The van der Waals surface area contributed by atoms with E-state index in [1.807, 2.05) is 13.0 Å². The summed E-state index contributed by atoms with van der Waals surface area (Å²) in [6.45, 7) is 2.21. The van der Waals surface area contributed by atoms with E-state index >= 15 is 0 Å². The minimum atomic E-state index is -0.952. The lowest BCUT2D eigenvalue weighted by Gasteiger charge is -2.16. The quantitative estimate of drug-likeness (QED) is 0.670. The summed E-state index contributed by atoms with van der Waals surface area (Å²) in [4.78, 5) is 20.5. The van der Waals surface area contributed by atoms with E-state index in [9.17, 15) is 14.9 Å². The molecule has 1 fully saturated rings. The van der Waals surface area contributed by atoms with Crippen LogP contribution in [0.25, 0.3) is 0 Å². The summed E-state index contributed by atoms with van der Waals surface area (Å²) in [6, 6.07) is 3.40. The van der Waals surface area contributed by atoms with E-state index in [0.717, 1.165) is 24.0 Å². The number of nitrogens with zero attached hydrogens (tertiary/aromatic N) is 2. The summed E-state index contributed by atoms with van der Waals surface area (Å²) >= 11 is 0. The van der Waals surface area contributed by atoms with E-state index in [4.69, 9.17) is 9.39 Å². The van der Waals surface area contributed by atoms with Gasteiger partial charge in [-0.15, -0.1) is 0 Å². The number of rotatable bonds is 4. The minimum Gasteiger partial charge on any atom is -0.437 e. The Hall–Kier alpha value is -2.49. The number of aromatic nitrogens is 2. The summed E-state index contributed by atoms with van der Waals surface area (Å²) in [5.41, 5.74) is 2.58. The van der Waals surface area contributed by atoms with Crippen molar-refractivity contribution in [3.63, 3.8) is 0 Å². The van der Waals surface area contributed by atoms with E-state index in [2.05, 4.69) is 15.3 Å². The molecule has 1 aromatic heterocycles. The molecule has 0 spiro atoms. The molecule has 0 saturated heterocycles. The van der Waals surface area contributed by atoms with Crippen LogP contribution in [0.1, 0.15) is 40.9 Å². The summed E-state index contributed by atoms with van der Waals surface area (Å²) in [7, 11) is -0.952. The van der Waals surface area contributed by atoms with Crippen LogP contribution in [0.5, 0.6) is 11.6 Å². The van der Waals surface area contributed by atoms with Crippen LogP contribution in [0.4, 0.5) is 0 Å². The molecule has 1 aliphatic carbocycles. The predicted octanol–water partition coefficient (Wildman–Crippen LogP) is 0.438. The Morgan fingerprint density at radius 3 is 2.89 bits per heavy atom. The number of amides is 1. The van der Waals surface area contributed by atoms with E-state index in [1.165, 1.54) is 12.4 Å². The molecule has 0 radical (unpaired) electrons. The van der Waals surface area contributed by atoms with Crippen LogP contribution in [0.15, 0.2) is 24.5 Å². The number of ether oxygens (including phenoxy) is 1. The monoisotopic (exact) mass is 369 g/mol. The molecular formula is C18H20BN3O5. The van der Waals surface area contributed by atoms with Gasteiger partial charge in [0.1, 0.15) is 11.4 Å². The first-order valence-electron chi connectivity index (χ1n) is 8.94. The van der Waals surface area contributed by atoms with Crippen molar-refractivity contribution in [1.29, 1.82) is 0 Å². The van der Waals surface area contributed by atoms with Crippen LogP contribution in [-0.4, -0.2) is 45.3 Å². The first-order valence-corrected chi connectivity index (χ1v) is 8.94. The van der Waals surface area contributed by atoms with Crippen molar-refractivity contribution in [3.8, 4) is 11.6 Å². The van der Waals surface area contributed by atoms with Gasteiger partial charge in [0.2, 0.25) is 5.88 Å². The average Bonchev–Trinajstić information content (AvgIpc) is 3.24. The molecule has 140 valence electrons. The van der Waals surface area contributed by atoms with Crippen molar-refractivity contribution < 1.29 is 24.3 Å². The highest BCUT2D eigenvalue weighted by Crippen LogP contribution is 2.26. The van der Waals surface area contributed by atoms with E-state index in [-0.39, 0.29) is 23.5 Å². The number of carbonyl (C=O) groups is 1. The number of hydrogen-bond acceptors (Lipinski definition) is 7. The van der Waals surface area contributed by atoms with Gasteiger partial charge in [0, 0.05) is 0 Å². The second kappa shape index (κ2) is 7.26. The van der Waals surface area contributed by atoms with Crippen LogP contribution >= 0.6 is 0 Å². The SMILES string of the molecule is Cc1c(Oc2cnc(C(=O)N[C@H]3CCC[C@@H]3O)cn2)ccc2c1B(O)OC2. The van der Waals surface area contributed by atoms with E-state index in [0.29, 0.717) is 24.2 Å². The first-order chi connectivity index (χ1) is 13.0. The molecule has 4 rings (SSSR count). The van der Waals surface area contributed by atoms with Crippen molar-refractivity contribution in [1.82, 2.24) is 15.3 Å². The molecule has 2 aromatic rings. The maximum absolute atomic E-state index is 12.2. The number of aliphatic hydroxyl groups is 1. The predicted molar refractivity (Wildman–Crippen MR) is 96.8 cm³/mol. The molecule has 1 aliphatic heterocycles. The van der Waals surface area contributed by atoms with E-state index in [1.54, 1.807) is 6.07 Å². The summed E-state index contributed by atoms with van der Waals surface area (Å²) in [5.74, 6) is 0.414. The average molecular weight is 369 g/mol. The highest BCUT2D eigenvalue weighted by atomic mass is 16.5. The lowest BCUT2D eigenvalue weighted by atomic mass is 9.76. The van der Waals surface area contributed by atoms with Crippen LogP contribution in [0.3, 0.4) is 0 Å². The Morgan fingerprint density at radius 2 is 2.19 bits per heavy atom. The topological polar surface area (TPSA) is 114 Å². The maximum Gasteiger partial charge on any atom is 0.492 e. The van der Waals surface area contributed by atoms with Crippen LogP contribution in [-0.2, 0) is 11.3 Å². The molecule has 3 N–H and O–H groups in total. The Kier molecular flexibility index (Phi) is 4.82. The van der Waals surface area contributed by atoms with Crippen LogP contribution in [0, 0.1) is 6.92 Å². The van der Waals surface area contributed by atoms with Gasteiger partial charge in [-0.1, -0.05) is 6.07 Å². The van der Waals surface area contributed by atoms with Crippen LogP contribution in [0.2, 0.25) is 0 Å². The van der Waals surface area contributed by atoms with Gasteiger partial charge < -0.3 is 24.8 Å². The van der Waals surface area contributed by atoms with Crippen molar-refractivity contribution in [2.24, 2.45) is 0 Å². The molecule has 1 saturated carbocycles. The zero-order valence-electron chi connectivity index (χ0n) is 14.9. The third-order valence-corrected chi connectivity index (χ3v) is 5.07. The molecular weight excluding hydrogens is 349 g/mol. The Bertz CT molecular complexity index is 861. The second-order valence-corrected chi connectivity index (χ2v) is 6.85. The fraction of sp³-hybridized carbons (Fsp3) is 0.389. The largest absolute Gasteiger partial charge is 0.492 e. The smallest absolute Gasteiger partial charge is 0.437 e. The van der Waals surface area contributed by atoms with Gasteiger partial charge in [0.25, 0.3) is 5.91 Å². The van der Waals surface area contributed by atoms with Gasteiger partial charge in [-0.3, -0.25) is 4.79 Å². The first kappa shape index (κ1) is 17.9. The third kappa shape index (κ3) is 3.53. The van der Waals surface area contributed by atoms with E-state index < -0.39 is 13.2 Å². The fourth-order valence-electron chi connectivity index (χ4n) is 3.55. The van der Waals surface area contributed by atoms with Gasteiger partial charge >= 0.3 is 7.12 Å². The third-order valence-electron chi connectivity index (χ3n) is 5.07. The molecule has 9 heteroatoms. The lowest BCUT2D eigenvalue weighted by Crippen LogP contribution is -2.40. The Morgan fingerprint density at radius 1 is 1.33 bits per heavy atom. The second-order valence-electron chi connectivity index (χ2n) is 6.85. The molecule has 8 nitrogen and oxygen atoms in total. The normalized spacial score (nSPS) is 21.2. The highest BCUT2D eigenvalue weighted by Gasteiger charge is 2.31. The molecule has 2 atom stereocenters.